The van der Waals surface area contributed by atoms with E-state index >= 15 is 0 Å². The minimum atomic E-state index is -0.246. The van der Waals surface area contributed by atoms with Crippen LogP contribution in [-0.4, -0.2) is 44.8 Å². The molecule has 6 nitrogen and oxygen atoms in total. The van der Waals surface area contributed by atoms with Gasteiger partial charge in [0.2, 0.25) is 0 Å². The van der Waals surface area contributed by atoms with Crippen molar-refractivity contribution in [3.63, 3.8) is 0 Å². The fraction of sp³-hybridized carbons (Fsp3) is 0.529. The number of carbonyl (C=O) groups is 1. The molecule has 0 saturated heterocycles. The van der Waals surface area contributed by atoms with Crippen LogP contribution in [0.15, 0.2) is 29.3 Å². The molecule has 0 aliphatic rings. The van der Waals surface area contributed by atoms with Gasteiger partial charge in [-0.2, -0.15) is 0 Å². The molecule has 0 aliphatic carbocycles. The summed E-state index contributed by atoms with van der Waals surface area (Å²) in [6, 6.07) is 7.94. The monoisotopic (exact) mass is 449 g/mol. The zero-order valence-electron chi connectivity index (χ0n) is 14.8. The van der Waals surface area contributed by atoms with Crippen LogP contribution in [0, 0.1) is 6.92 Å². The van der Waals surface area contributed by atoms with Crippen molar-refractivity contribution in [1.82, 2.24) is 10.6 Å². The number of nitrogens with one attached hydrogen (secondary N) is 2. The third-order valence-corrected chi connectivity index (χ3v) is 3.03. The SMILES string of the molecule is CCNC(=NCC(C)Oc1cccc(C)c1)NCCC(=O)OC.I. The van der Waals surface area contributed by atoms with Crippen LogP contribution >= 0.6 is 24.0 Å². The zero-order chi connectivity index (χ0) is 17.1. The molecule has 24 heavy (non-hydrogen) atoms. The predicted octanol–water partition coefficient (Wildman–Crippen LogP) is 2.50. The number of methoxy groups -OCH3 is 1. The standard InChI is InChI=1S/C17H27N3O3.HI/c1-5-18-17(19-10-9-16(21)22-4)20-12-14(3)23-15-8-6-7-13(2)11-15;/h6-8,11,14H,5,9-10,12H2,1-4H3,(H2,18,19,20);1H. The highest BCUT2D eigenvalue weighted by Gasteiger charge is 2.06. The first-order chi connectivity index (χ1) is 11.0. The van der Waals surface area contributed by atoms with E-state index in [1.165, 1.54) is 7.11 Å². The van der Waals surface area contributed by atoms with Crippen molar-refractivity contribution >= 4 is 35.9 Å². The summed E-state index contributed by atoms with van der Waals surface area (Å²) in [6.45, 7) is 7.74. The van der Waals surface area contributed by atoms with E-state index in [9.17, 15) is 4.79 Å². The molecule has 0 aromatic heterocycles. The average molecular weight is 449 g/mol. The lowest BCUT2D eigenvalue weighted by atomic mass is 10.2. The molecule has 1 aromatic rings. The van der Waals surface area contributed by atoms with E-state index in [1.54, 1.807) is 0 Å². The first-order valence-electron chi connectivity index (χ1n) is 7.87. The first-order valence-corrected chi connectivity index (χ1v) is 7.87. The number of hydrogen-bond acceptors (Lipinski definition) is 4. The van der Waals surface area contributed by atoms with Crippen molar-refractivity contribution in [2.75, 3.05) is 26.7 Å². The van der Waals surface area contributed by atoms with E-state index < -0.39 is 0 Å². The minimum absolute atomic E-state index is 0. The lowest BCUT2D eigenvalue weighted by Gasteiger charge is -2.15. The highest BCUT2D eigenvalue weighted by Crippen LogP contribution is 2.14. The second-order valence-corrected chi connectivity index (χ2v) is 5.22. The lowest BCUT2D eigenvalue weighted by molar-refractivity contribution is -0.140. The molecule has 1 rings (SSSR count). The number of guanidine groups is 1. The van der Waals surface area contributed by atoms with Gasteiger partial charge in [-0.05, 0) is 38.5 Å². The Labute approximate surface area is 161 Å². The topological polar surface area (TPSA) is 72.0 Å². The molecule has 2 N–H and O–H groups in total. The second-order valence-electron chi connectivity index (χ2n) is 5.22. The quantitative estimate of drug-likeness (QED) is 0.276. The van der Waals surface area contributed by atoms with Crippen molar-refractivity contribution in [3.8, 4) is 5.75 Å². The molecule has 1 aromatic carbocycles. The van der Waals surface area contributed by atoms with Gasteiger partial charge in [0, 0.05) is 13.1 Å². The summed E-state index contributed by atoms with van der Waals surface area (Å²) in [7, 11) is 1.38. The van der Waals surface area contributed by atoms with Crippen LogP contribution in [0.25, 0.3) is 0 Å². The summed E-state index contributed by atoms with van der Waals surface area (Å²) in [5.41, 5.74) is 1.16. The van der Waals surface area contributed by atoms with Gasteiger partial charge >= 0.3 is 5.97 Å². The number of carbonyl (C=O) groups excluding carboxylic acids is 1. The Balaban J connectivity index is 0.00000529. The number of rotatable bonds is 8. The van der Waals surface area contributed by atoms with Crippen LogP contribution < -0.4 is 15.4 Å². The maximum atomic E-state index is 11.1. The van der Waals surface area contributed by atoms with Gasteiger partial charge in [-0.25, -0.2) is 4.99 Å². The number of aliphatic imine (C=N–C) groups is 1. The molecule has 7 heteroatoms. The molecule has 0 heterocycles. The van der Waals surface area contributed by atoms with E-state index in [1.807, 2.05) is 45.0 Å². The number of benzene rings is 1. The van der Waals surface area contributed by atoms with Crippen LogP contribution in [0.2, 0.25) is 0 Å². The van der Waals surface area contributed by atoms with Gasteiger partial charge < -0.3 is 20.1 Å². The molecule has 0 saturated carbocycles. The molecule has 0 radical (unpaired) electrons. The highest BCUT2D eigenvalue weighted by molar-refractivity contribution is 14.0. The van der Waals surface area contributed by atoms with Gasteiger partial charge in [0.05, 0.1) is 20.1 Å². The first kappa shape index (κ1) is 22.5. The number of ether oxygens (including phenoxy) is 2. The van der Waals surface area contributed by atoms with Gasteiger partial charge in [-0.15, -0.1) is 24.0 Å². The van der Waals surface area contributed by atoms with E-state index in [0.717, 1.165) is 17.9 Å². The number of hydrogen-bond donors (Lipinski definition) is 2. The van der Waals surface area contributed by atoms with Crippen molar-refractivity contribution in [3.05, 3.63) is 29.8 Å². The van der Waals surface area contributed by atoms with E-state index in [2.05, 4.69) is 20.4 Å². The Morgan fingerprint density at radius 2 is 2.08 bits per heavy atom. The van der Waals surface area contributed by atoms with E-state index in [-0.39, 0.29) is 36.0 Å². The minimum Gasteiger partial charge on any atom is -0.489 e. The van der Waals surface area contributed by atoms with Crippen LogP contribution in [0.5, 0.6) is 5.75 Å². The molecule has 0 spiro atoms. The summed E-state index contributed by atoms with van der Waals surface area (Å²) in [4.78, 5) is 15.6. The van der Waals surface area contributed by atoms with Crippen LogP contribution in [0.4, 0.5) is 0 Å². The smallest absolute Gasteiger partial charge is 0.307 e. The highest BCUT2D eigenvalue weighted by atomic mass is 127. The van der Waals surface area contributed by atoms with Crippen LogP contribution in [0.1, 0.15) is 25.8 Å². The van der Waals surface area contributed by atoms with Gasteiger partial charge in [0.1, 0.15) is 11.9 Å². The average Bonchev–Trinajstić information content (AvgIpc) is 2.52. The summed E-state index contributed by atoms with van der Waals surface area (Å²) >= 11 is 0. The fourth-order valence-corrected chi connectivity index (χ4v) is 1.90. The van der Waals surface area contributed by atoms with Crippen molar-refractivity contribution in [1.29, 1.82) is 0 Å². The zero-order valence-corrected chi connectivity index (χ0v) is 17.1. The predicted molar refractivity (Wildman–Crippen MR) is 107 cm³/mol. The molecule has 1 atom stereocenters. The Hall–Kier alpha value is -1.51. The number of esters is 1. The Kier molecular flexibility index (Phi) is 12.0. The normalized spacial score (nSPS) is 11.9. The maximum absolute atomic E-state index is 11.1. The van der Waals surface area contributed by atoms with Crippen molar-refractivity contribution < 1.29 is 14.3 Å². The maximum Gasteiger partial charge on any atom is 0.307 e. The molecule has 0 bridgehead atoms. The van der Waals surface area contributed by atoms with E-state index in [4.69, 9.17) is 4.74 Å². The van der Waals surface area contributed by atoms with Crippen molar-refractivity contribution in [2.45, 2.75) is 33.3 Å². The molecular weight excluding hydrogens is 421 g/mol. The third kappa shape index (κ3) is 9.59. The summed E-state index contributed by atoms with van der Waals surface area (Å²) < 4.78 is 10.5. The van der Waals surface area contributed by atoms with Crippen LogP contribution in [0.3, 0.4) is 0 Å². The summed E-state index contributed by atoms with van der Waals surface area (Å²) in [5, 5.41) is 6.23. The largest absolute Gasteiger partial charge is 0.489 e. The second kappa shape index (κ2) is 12.9. The summed E-state index contributed by atoms with van der Waals surface area (Å²) in [5.74, 6) is 1.26. The van der Waals surface area contributed by atoms with Gasteiger partial charge in [0.15, 0.2) is 5.96 Å². The van der Waals surface area contributed by atoms with Gasteiger partial charge in [-0.1, -0.05) is 12.1 Å². The Morgan fingerprint density at radius 3 is 2.71 bits per heavy atom. The molecular formula is C17H28IN3O3. The van der Waals surface area contributed by atoms with Crippen molar-refractivity contribution in [2.24, 2.45) is 4.99 Å². The third-order valence-electron chi connectivity index (χ3n) is 3.03. The molecule has 0 aliphatic heterocycles. The van der Waals surface area contributed by atoms with Gasteiger partial charge in [-0.3, -0.25) is 4.79 Å². The molecule has 136 valence electrons. The number of halogens is 1. The molecule has 0 amide bonds. The Bertz CT molecular complexity index is 524. The lowest BCUT2D eigenvalue weighted by Crippen LogP contribution is -2.39. The van der Waals surface area contributed by atoms with Crippen LogP contribution in [-0.2, 0) is 9.53 Å². The van der Waals surface area contributed by atoms with E-state index in [0.29, 0.717) is 25.5 Å². The molecule has 1 unspecified atom stereocenters. The Morgan fingerprint density at radius 1 is 1.33 bits per heavy atom. The molecule has 0 fully saturated rings. The fourth-order valence-electron chi connectivity index (χ4n) is 1.90. The van der Waals surface area contributed by atoms with Gasteiger partial charge in [0.25, 0.3) is 0 Å². The summed E-state index contributed by atoms with van der Waals surface area (Å²) in [6.07, 6.45) is 0.254. The number of aryl methyl sites for hydroxylation is 1. The number of nitrogens with zero attached hydrogens (tertiary/aromatic N) is 1.